The number of primary amides is 1. The van der Waals surface area contributed by atoms with Gasteiger partial charge < -0.3 is 10.2 Å². The van der Waals surface area contributed by atoms with Crippen LogP contribution < -0.4 is 11.1 Å². The predicted molar refractivity (Wildman–Crippen MR) is 101 cm³/mol. The first-order valence-electron chi connectivity index (χ1n) is 8.56. The van der Waals surface area contributed by atoms with Crippen molar-refractivity contribution in [1.82, 2.24) is 15.5 Å². The standard InChI is InChI=1S/C17H22N4O3S2/c1-8(2)13(14(22)19-16(18)23)26-17-21-20-15(24-17)12-7-10-6-9(3)4-5-11(10)25-12/h7-9,13H,4-6H2,1-3H3,(H3,18,19,22,23)/t9-,13+/m1/s1. The second kappa shape index (κ2) is 7.79. The van der Waals surface area contributed by atoms with E-state index in [2.05, 4.69) is 28.5 Å². The minimum atomic E-state index is -0.870. The minimum Gasteiger partial charge on any atom is -0.410 e. The highest BCUT2D eigenvalue weighted by Gasteiger charge is 2.28. The van der Waals surface area contributed by atoms with Crippen LogP contribution >= 0.6 is 23.1 Å². The molecule has 0 unspecified atom stereocenters. The molecule has 0 aliphatic heterocycles. The summed E-state index contributed by atoms with van der Waals surface area (Å²) < 4.78 is 5.77. The van der Waals surface area contributed by atoms with E-state index in [1.807, 2.05) is 13.8 Å². The monoisotopic (exact) mass is 394 g/mol. The fourth-order valence-electron chi connectivity index (χ4n) is 2.96. The highest BCUT2D eigenvalue weighted by molar-refractivity contribution is 8.00. The molecule has 0 saturated carbocycles. The van der Waals surface area contributed by atoms with Crippen molar-refractivity contribution in [2.24, 2.45) is 17.6 Å². The Balaban J connectivity index is 1.75. The largest absolute Gasteiger partial charge is 0.410 e. The lowest BCUT2D eigenvalue weighted by molar-refractivity contribution is -0.120. The van der Waals surface area contributed by atoms with Crippen molar-refractivity contribution in [1.29, 1.82) is 0 Å². The maximum Gasteiger partial charge on any atom is 0.318 e. The van der Waals surface area contributed by atoms with Gasteiger partial charge in [0.25, 0.3) is 11.1 Å². The molecule has 26 heavy (non-hydrogen) atoms. The molecule has 1 aliphatic rings. The number of carbonyl (C=O) groups excluding carboxylic acids is 2. The first kappa shape index (κ1) is 18.9. The molecule has 1 aliphatic carbocycles. The topological polar surface area (TPSA) is 111 Å². The van der Waals surface area contributed by atoms with Gasteiger partial charge in [0.2, 0.25) is 5.91 Å². The van der Waals surface area contributed by atoms with Crippen molar-refractivity contribution in [2.45, 2.75) is 50.5 Å². The highest BCUT2D eigenvalue weighted by Crippen LogP contribution is 2.38. The first-order chi connectivity index (χ1) is 12.3. The SMILES string of the molecule is CC(C)[C@H](Sc1nnc(-c2cc3c(s2)CC[C@@H](C)C3)o1)C(=O)NC(N)=O. The van der Waals surface area contributed by atoms with Crippen molar-refractivity contribution in [3.05, 3.63) is 16.5 Å². The molecule has 3 N–H and O–H groups in total. The Morgan fingerprint density at radius 2 is 2.19 bits per heavy atom. The van der Waals surface area contributed by atoms with Gasteiger partial charge in [0, 0.05) is 4.88 Å². The molecule has 2 aromatic rings. The van der Waals surface area contributed by atoms with Crippen LogP contribution in [-0.4, -0.2) is 27.4 Å². The summed E-state index contributed by atoms with van der Waals surface area (Å²) in [4.78, 5) is 25.4. The van der Waals surface area contributed by atoms with E-state index in [9.17, 15) is 9.59 Å². The Labute approximate surface area is 160 Å². The summed E-state index contributed by atoms with van der Waals surface area (Å²) in [7, 11) is 0. The Kier molecular flexibility index (Phi) is 5.67. The molecule has 3 rings (SSSR count). The molecule has 0 fully saturated rings. The van der Waals surface area contributed by atoms with Crippen LogP contribution in [-0.2, 0) is 17.6 Å². The fraction of sp³-hybridized carbons (Fsp3) is 0.529. The molecular weight excluding hydrogens is 372 g/mol. The molecule has 0 spiro atoms. The van der Waals surface area contributed by atoms with Crippen LogP contribution in [0, 0.1) is 11.8 Å². The van der Waals surface area contributed by atoms with Gasteiger partial charge in [-0.15, -0.1) is 21.5 Å². The lowest BCUT2D eigenvalue weighted by Gasteiger charge is -2.16. The van der Waals surface area contributed by atoms with Crippen LogP contribution in [0.1, 0.15) is 37.6 Å². The zero-order valence-electron chi connectivity index (χ0n) is 14.9. The second-order valence-electron chi connectivity index (χ2n) is 6.92. The molecule has 0 aromatic carbocycles. The number of fused-ring (bicyclic) bond motifs is 1. The third-order valence-corrected chi connectivity index (χ3v) is 6.89. The van der Waals surface area contributed by atoms with E-state index in [4.69, 9.17) is 10.2 Å². The number of nitrogens with one attached hydrogen (secondary N) is 1. The van der Waals surface area contributed by atoms with Gasteiger partial charge in [0.1, 0.15) is 0 Å². The van der Waals surface area contributed by atoms with Gasteiger partial charge in [-0.25, -0.2) is 4.79 Å². The van der Waals surface area contributed by atoms with Crippen molar-refractivity contribution in [3.63, 3.8) is 0 Å². The van der Waals surface area contributed by atoms with Crippen LogP contribution in [0.25, 0.3) is 10.8 Å². The third kappa shape index (κ3) is 4.27. The maximum atomic E-state index is 12.1. The normalized spacial score (nSPS) is 17.8. The quantitative estimate of drug-likeness (QED) is 0.753. The van der Waals surface area contributed by atoms with Gasteiger partial charge in [-0.3, -0.25) is 10.1 Å². The van der Waals surface area contributed by atoms with Crippen LogP contribution in [0.4, 0.5) is 4.79 Å². The summed E-state index contributed by atoms with van der Waals surface area (Å²) in [5.41, 5.74) is 6.40. The Hall–Kier alpha value is -1.87. The molecule has 2 atom stereocenters. The van der Waals surface area contributed by atoms with Crippen molar-refractivity contribution >= 4 is 35.0 Å². The number of aromatic nitrogens is 2. The summed E-state index contributed by atoms with van der Waals surface area (Å²) >= 11 is 2.84. The van der Waals surface area contributed by atoms with Crippen LogP contribution in [0.2, 0.25) is 0 Å². The highest BCUT2D eigenvalue weighted by atomic mass is 32.2. The van der Waals surface area contributed by atoms with Crippen LogP contribution in [0.15, 0.2) is 15.7 Å². The van der Waals surface area contributed by atoms with E-state index in [-0.39, 0.29) is 5.92 Å². The lowest BCUT2D eigenvalue weighted by Crippen LogP contribution is -2.42. The molecule has 2 heterocycles. The molecular formula is C17H22N4O3S2. The van der Waals surface area contributed by atoms with E-state index in [0.717, 1.165) is 29.5 Å². The molecule has 7 nitrogen and oxygen atoms in total. The molecule has 9 heteroatoms. The molecule has 2 aromatic heterocycles. The summed E-state index contributed by atoms with van der Waals surface area (Å²) in [6.45, 7) is 6.03. The van der Waals surface area contributed by atoms with E-state index in [1.165, 1.54) is 16.9 Å². The number of amides is 3. The van der Waals surface area contributed by atoms with E-state index < -0.39 is 17.2 Å². The number of thiophene rings is 1. The number of carbonyl (C=O) groups is 2. The Morgan fingerprint density at radius 3 is 2.88 bits per heavy atom. The first-order valence-corrected chi connectivity index (χ1v) is 10.3. The zero-order valence-corrected chi connectivity index (χ0v) is 16.6. The van der Waals surface area contributed by atoms with E-state index >= 15 is 0 Å². The lowest BCUT2D eigenvalue weighted by atomic mass is 9.90. The number of nitrogens with two attached hydrogens (primary N) is 1. The van der Waals surface area contributed by atoms with Gasteiger partial charge in [-0.05, 0) is 42.7 Å². The Morgan fingerprint density at radius 1 is 1.42 bits per heavy atom. The zero-order chi connectivity index (χ0) is 18.8. The summed E-state index contributed by atoms with van der Waals surface area (Å²) in [5, 5.41) is 10.1. The van der Waals surface area contributed by atoms with Crippen molar-refractivity contribution < 1.29 is 14.0 Å². The summed E-state index contributed by atoms with van der Waals surface area (Å²) in [6, 6.07) is 1.27. The van der Waals surface area contributed by atoms with Gasteiger partial charge in [0.05, 0.1) is 10.1 Å². The molecule has 0 saturated heterocycles. The maximum absolute atomic E-state index is 12.1. The number of hydrogen-bond donors (Lipinski definition) is 2. The smallest absolute Gasteiger partial charge is 0.318 e. The van der Waals surface area contributed by atoms with Crippen LogP contribution in [0.3, 0.4) is 0 Å². The van der Waals surface area contributed by atoms with Crippen LogP contribution in [0.5, 0.6) is 0 Å². The van der Waals surface area contributed by atoms with Gasteiger partial charge in [0.15, 0.2) is 0 Å². The van der Waals surface area contributed by atoms with Crippen molar-refractivity contribution in [2.75, 3.05) is 0 Å². The van der Waals surface area contributed by atoms with Gasteiger partial charge >= 0.3 is 6.03 Å². The molecule has 0 radical (unpaired) electrons. The van der Waals surface area contributed by atoms with Gasteiger partial charge in [-0.1, -0.05) is 32.5 Å². The Bertz CT molecular complexity index is 815. The number of aryl methyl sites for hydroxylation is 1. The van der Waals surface area contributed by atoms with E-state index in [0.29, 0.717) is 17.0 Å². The number of hydrogen-bond acceptors (Lipinski definition) is 7. The third-order valence-electron chi connectivity index (χ3n) is 4.28. The predicted octanol–water partition coefficient (Wildman–Crippen LogP) is 3.23. The molecule has 3 amide bonds. The van der Waals surface area contributed by atoms with Crippen molar-refractivity contribution in [3.8, 4) is 10.8 Å². The fourth-order valence-corrected chi connectivity index (χ4v) is 4.96. The number of imide groups is 1. The number of rotatable bonds is 5. The minimum absolute atomic E-state index is 0.0368. The second-order valence-corrected chi connectivity index (χ2v) is 9.15. The molecule has 140 valence electrons. The average molecular weight is 395 g/mol. The van der Waals surface area contributed by atoms with E-state index in [1.54, 1.807) is 11.3 Å². The molecule has 0 bridgehead atoms. The summed E-state index contributed by atoms with van der Waals surface area (Å²) in [6.07, 6.45) is 3.40. The summed E-state index contributed by atoms with van der Waals surface area (Å²) in [5.74, 6) is 0.676. The number of urea groups is 1. The van der Waals surface area contributed by atoms with Gasteiger partial charge in [-0.2, -0.15) is 0 Å². The average Bonchev–Trinajstić information content (AvgIpc) is 3.17. The number of nitrogens with zero attached hydrogens (tertiary/aromatic N) is 2. The number of thioether (sulfide) groups is 1.